The number of halogens is 1. The van der Waals surface area contributed by atoms with E-state index in [0.29, 0.717) is 28.0 Å². The highest BCUT2D eigenvalue weighted by Gasteiger charge is 2.14. The standard InChI is InChI=1S/C19H16ClNO4S/c1-24-17-5-3-6-18(13-17)25-16-10-8-15(9-11-16)21-26(22,23)19-7-2-4-14(20)12-19/h2-13,21H,1H3. The van der Waals surface area contributed by atoms with E-state index in [0.717, 1.165) is 0 Å². The van der Waals surface area contributed by atoms with E-state index >= 15 is 0 Å². The van der Waals surface area contributed by atoms with Crippen molar-refractivity contribution in [1.82, 2.24) is 0 Å². The quantitative estimate of drug-likeness (QED) is 0.648. The number of nitrogens with one attached hydrogen (secondary N) is 1. The minimum atomic E-state index is -3.71. The predicted octanol–water partition coefficient (Wildman–Crippen LogP) is 4.94. The SMILES string of the molecule is COc1cccc(Oc2ccc(NS(=O)(=O)c3cccc(Cl)c3)cc2)c1. The van der Waals surface area contributed by atoms with Crippen molar-refractivity contribution < 1.29 is 17.9 Å². The molecule has 0 fully saturated rings. The molecule has 0 radical (unpaired) electrons. The Morgan fingerprint density at radius 3 is 2.23 bits per heavy atom. The summed E-state index contributed by atoms with van der Waals surface area (Å²) in [5.74, 6) is 1.88. The van der Waals surface area contributed by atoms with Gasteiger partial charge in [-0.25, -0.2) is 8.42 Å². The normalized spacial score (nSPS) is 11.0. The van der Waals surface area contributed by atoms with Crippen LogP contribution in [0.1, 0.15) is 0 Å². The van der Waals surface area contributed by atoms with Crippen molar-refractivity contribution in [3.05, 3.63) is 77.8 Å². The fourth-order valence-electron chi connectivity index (χ4n) is 2.24. The molecule has 0 saturated heterocycles. The highest BCUT2D eigenvalue weighted by atomic mass is 35.5. The lowest BCUT2D eigenvalue weighted by Crippen LogP contribution is -2.12. The van der Waals surface area contributed by atoms with Gasteiger partial charge in [0, 0.05) is 16.8 Å². The Balaban J connectivity index is 1.73. The molecule has 0 aromatic heterocycles. The van der Waals surface area contributed by atoms with Crippen LogP contribution in [0, 0.1) is 0 Å². The zero-order chi connectivity index (χ0) is 18.6. The van der Waals surface area contributed by atoms with E-state index in [1.165, 1.54) is 12.1 Å². The van der Waals surface area contributed by atoms with E-state index < -0.39 is 10.0 Å². The average Bonchev–Trinajstić information content (AvgIpc) is 2.63. The second-order valence-corrected chi connectivity index (χ2v) is 7.49. The van der Waals surface area contributed by atoms with Crippen molar-refractivity contribution in [3.63, 3.8) is 0 Å². The molecular weight excluding hydrogens is 374 g/mol. The molecule has 7 heteroatoms. The second kappa shape index (κ2) is 7.68. The molecule has 134 valence electrons. The zero-order valence-corrected chi connectivity index (χ0v) is 15.4. The van der Waals surface area contributed by atoms with Crippen LogP contribution in [0.15, 0.2) is 77.7 Å². The molecule has 0 unspecified atom stereocenters. The zero-order valence-electron chi connectivity index (χ0n) is 13.8. The Morgan fingerprint density at radius 1 is 0.846 bits per heavy atom. The minimum Gasteiger partial charge on any atom is -0.497 e. The smallest absolute Gasteiger partial charge is 0.261 e. The minimum absolute atomic E-state index is 0.0988. The Labute approximate surface area is 157 Å². The first-order valence-electron chi connectivity index (χ1n) is 7.67. The van der Waals surface area contributed by atoms with Gasteiger partial charge in [0.2, 0.25) is 0 Å². The van der Waals surface area contributed by atoms with Gasteiger partial charge in [-0.3, -0.25) is 4.72 Å². The summed E-state index contributed by atoms with van der Waals surface area (Å²) in [6, 6.07) is 19.9. The van der Waals surface area contributed by atoms with Crippen LogP contribution in [-0.2, 0) is 10.0 Å². The molecule has 0 saturated carbocycles. The molecule has 26 heavy (non-hydrogen) atoms. The molecule has 0 heterocycles. The van der Waals surface area contributed by atoms with Crippen LogP contribution in [0.2, 0.25) is 5.02 Å². The number of rotatable bonds is 6. The van der Waals surface area contributed by atoms with Gasteiger partial charge in [-0.15, -0.1) is 0 Å². The molecule has 0 bridgehead atoms. The van der Waals surface area contributed by atoms with Crippen LogP contribution < -0.4 is 14.2 Å². The molecule has 3 aromatic rings. The first-order valence-corrected chi connectivity index (χ1v) is 9.53. The third-order valence-corrected chi connectivity index (χ3v) is 5.10. The summed E-state index contributed by atoms with van der Waals surface area (Å²) in [7, 11) is -2.13. The first-order chi connectivity index (χ1) is 12.5. The van der Waals surface area contributed by atoms with Crippen molar-refractivity contribution in [3.8, 4) is 17.2 Å². The number of ether oxygens (including phenoxy) is 2. The molecule has 0 aliphatic rings. The van der Waals surface area contributed by atoms with Gasteiger partial charge in [-0.05, 0) is 54.6 Å². The van der Waals surface area contributed by atoms with Gasteiger partial charge < -0.3 is 9.47 Å². The maximum Gasteiger partial charge on any atom is 0.261 e. The molecule has 0 aliphatic heterocycles. The molecule has 0 aliphatic carbocycles. The Hall–Kier alpha value is -2.70. The van der Waals surface area contributed by atoms with Crippen LogP contribution in [-0.4, -0.2) is 15.5 Å². The molecule has 0 atom stereocenters. The first kappa shape index (κ1) is 18.1. The van der Waals surface area contributed by atoms with E-state index in [4.69, 9.17) is 21.1 Å². The van der Waals surface area contributed by atoms with Crippen LogP contribution in [0.3, 0.4) is 0 Å². The summed E-state index contributed by atoms with van der Waals surface area (Å²) in [4.78, 5) is 0.0988. The van der Waals surface area contributed by atoms with E-state index in [9.17, 15) is 8.42 Å². The third-order valence-electron chi connectivity index (χ3n) is 3.49. The van der Waals surface area contributed by atoms with Gasteiger partial charge >= 0.3 is 0 Å². The molecule has 0 amide bonds. The highest BCUT2D eigenvalue weighted by molar-refractivity contribution is 7.92. The number of methoxy groups -OCH3 is 1. The van der Waals surface area contributed by atoms with Crippen molar-refractivity contribution in [2.75, 3.05) is 11.8 Å². The van der Waals surface area contributed by atoms with Gasteiger partial charge in [0.05, 0.1) is 12.0 Å². The van der Waals surface area contributed by atoms with E-state index in [1.54, 1.807) is 55.6 Å². The summed E-state index contributed by atoms with van der Waals surface area (Å²) in [6.07, 6.45) is 0. The van der Waals surface area contributed by atoms with Crippen molar-refractivity contribution in [2.45, 2.75) is 4.90 Å². The Morgan fingerprint density at radius 2 is 1.54 bits per heavy atom. The van der Waals surface area contributed by atoms with Gasteiger partial charge in [0.15, 0.2) is 0 Å². The summed E-state index contributed by atoms with van der Waals surface area (Å²) in [5, 5.41) is 0.356. The molecule has 1 N–H and O–H groups in total. The monoisotopic (exact) mass is 389 g/mol. The van der Waals surface area contributed by atoms with Crippen LogP contribution in [0.4, 0.5) is 5.69 Å². The fourth-order valence-corrected chi connectivity index (χ4v) is 3.60. The van der Waals surface area contributed by atoms with E-state index in [1.807, 2.05) is 12.1 Å². The lowest BCUT2D eigenvalue weighted by atomic mass is 10.3. The second-order valence-electron chi connectivity index (χ2n) is 5.37. The molecule has 3 aromatic carbocycles. The fraction of sp³-hybridized carbons (Fsp3) is 0.0526. The van der Waals surface area contributed by atoms with Crippen LogP contribution >= 0.6 is 11.6 Å². The largest absolute Gasteiger partial charge is 0.497 e. The number of hydrogen-bond donors (Lipinski definition) is 1. The maximum atomic E-state index is 12.4. The lowest BCUT2D eigenvalue weighted by Gasteiger charge is -2.10. The van der Waals surface area contributed by atoms with Crippen molar-refractivity contribution in [2.24, 2.45) is 0 Å². The predicted molar refractivity (Wildman–Crippen MR) is 102 cm³/mol. The molecule has 3 rings (SSSR count). The van der Waals surface area contributed by atoms with E-state index in [-0.39, 0.29) is 4.90 Å². The molecule has 0 spiro atoms. The number of hydrogen-bond acceptors (Lipinski definition) is 4. The molecule has 5 nitrogen and oxygen atoms in total. The van der Waals surface area contributed by atoms with Gasteiger partial charge in [-0.2, -0.15) is 0 Å². The Bertz CT molecular complexity index is 1000. The summed E-state index contributed by atoms with van der Waals surface area (Å²) in [6.45, 7) is 0. The van der Waals surface area contributed by atoms with Gasteiger partial charge in [0.1, 0.15) is 17.2 Å². The summed E-state index contributed by atoms with van der Waals surface area (Å²) in [5.41, 5.74) is 0.419. The van der Waals surface area contributed by atoms with E-state index in [2.05, 4.69) is 4.72 Å². The number of benzene rings is 3. The summed E-state index contributed by atoms with van der Waals surface area (Å²) >= 11 is 5.86. The topological polar surface area (TPSA) is 64.6 Å². The van der Waals surface area contributed by atoms with Crippen LogP contribution in [0.5, 0.6) is 17.2 Å². The van der Waals surface area contributed by atoms with Crippen LogP contribution in [0.25, 0.3) is 0 Å². The van der Waals surface area contributed by atoms with Gasteiger partial charge in [-0.1, -0.05) is 23.7 Å². The number of sulfonamides is 1. The van der Waals surface area contributed by atoms with Crippen molar-refractivity contribution in [1.29, 1.82) is 0 Å². The Kier molecular flexibility index (Phi) is 5.35. The highest BCUT2D eigenvalue weighted by Crippen LogP contribution is 2.27. The third kappa shape index (κ3) is 4.47. The summed E-state index contributed by atoms with van der Waals surface area (Å²) < 4.78 is 38.2. The maximum absolute atomic E-state index is 12.4. The average molecular weight is 390 g/mol. The lowest BCUT2D eigenvalue weighted by molar-refractivity contribution is 0.409. The molecular formula is C19H16ClNO4S. The van der Waals surface area contributed by atoms with Crippen molar-refractivity contribution >= 4 is 27.3 Å². The number of anilines is 1. The van der Waals surface area contributed by atoms with Gasteiger partial charge in [0.25, 0.3) is 10.0 Å².